The van der Waals surface area contributed by atoms with Crippen molar-refractivity contribution in [1.82, 2.24) is 0 Å². The Morgan fingerprint density at radius 1 is 0.444 bits per heavy atom. The quantitative estimate of drug-likeness (QED) is 0.0724. The molecule has 0 fully saturated rings. The number of rotatable bonds is 25. The van der Waals surface area contributed by atoms with Crippen molar-refractivity contribution in [2.45, 2.75) is 188 Å². The van der Waals surface area contributed by atoms with Crippen LogP contribution >= 0.6 is 48.0 Å². The molecule has 4 N–H and O–H groups in total. The van der Waals surface area contributed by atoms with Crippen LogP contribution in [0.4, 0.5) is 0 Å². The van der Waals surface area contributed by atoms with Crippen molar-refractivity contribution < 1.29 is 0 Å². The van der Waals surface area contributed by atoms with Crippen LogP contribution in [0.2, 0.25) is 0 Å². The third kappa shape index (κ3) is 17.9. The largest absolute Gasteiger partial charge is 0.330 e. The van der Waals surface area contributed by atoms with Crippen LogP contribution in [0.15, 0.2) is 0 Å². The maximum absolute atomic E-state index is 6.76. The minimum Gasteiger partial charge on any atom is -0.330 e. The van der Waals surface area contributed by atoms with E-state index in [1.165, 1.54) is 141 Å². The van der Waals surface area contributed by atoms with Gasteiger partial charge in [0, 0.05) is 5.54 Å². The average molecular weight is 737 g/mol. The molecular formula is C32H70I2N2. The highest BCUT2D eigenvalue weighted by atomic mass is 127. The van der Waals surface area contributed by atoms with Crippen molar-refractivity contribution in [3.63, 3.8) is 0 Å². The van der Waals surface area contributed by atoms with Crippen LogP contribution < -0.4 is 11.5 Å². The lowest BCUT2D eigenvalue weighted by Crippen LogP contribution is -2.59. The molecule has 0 atom stereocenters. The summed E-state index contributed by atoms with van der Waals surface area (Å²) in [6, 6.07) is 0. The standard InChI is InChI=1S/C32H68N2.2HI/c1-7-9-11-13-15-17-19-21-23-25-27-32(29-33,30(3,4)31(5,6)34)28-26-24-22-20-18-16-14-12-10-8-2;;/h7-29,33-34H2,1-6H3;2*1H. The van der Waals surface area contributed by atoms with Gasteiger partial charge in [-0.25, -0.2) is 0 Å². The van der Waals surface area contributed by atoms with E-state index in [1.54, 1.807) is 0 Å². The predicted octanol–water partition coefficient (Wildman–Crippen LogP) is 11.6. The topological polar surface area (TPSA) is 52.0 Å². The minimum atomic E-state index is -0.219. The Hall–Kier alpha value is 1.38. The predicted molar refractivity (Wildman–Crippen MR) is 187 cm³/mol. The van der Waals surface area contributed by atoms with Crippen molar-refractivity contribution in [3.8, 4) is 0 Å². The van der Waals surface area contributed by atoms with E-state index in [0.29, 0.717) is 0 Å². The van der Waals surface area contributed by atoms with Crippen molar-refractivity contribution in [2.75, 3.05) is 6.54 Å². The highest BCUT2D eigenvalue weighted by Gasteiger charge is 2.49. The van der Waals surface area contributed by atoms with Crippen LogP contribution in [-0.4, -0.2) is 12.1 Å². The van der Waals surface area contributed by atoms with Gasteiger partial charge in [0.2, 0.25) is 0 Å². The number of hydrogen-bond donors (Lipinski definition) is 2. The molecule has 0 radical (unpaired) electrons. The van der Waals surface area contributed by atoms with Crippen LogP contribution in [0.25, 0.3) is 0 Å². The molecule has 0 aromatic carbocycles. The van der Waals surface area contributed by atoms with E-state index in [2.05, 4.69) is 41.5 Å². The second-order valence-electron chi connectivity index (χ2n) is 12.7. The van der Waals surface area contributed by atoms with Gasteiger partial charge >= 0.3 is 0 Å². The molecule has 4 heteroatoms. The van der Waals surface area contributed by atoms with E-state index < -0.39 is 0 Å². The zero-order chi connectivity index (χ0) is 25.8. The molecule has 0 saturated carbocycles. The molecule has 0 heterocycles. The molecule has 36 heavy (non-hydrogen) atoms. The second-order valence-corrected chi connectivity index (χ2v) is 12.7. The van der Waals surface area contributed by atoms with Crippen molar-refractivity contribution in [1.29, 1.82) is 0 Å². The number of unbranched alkanes of at least 4 members (excludes halogenated alkanes) is 18. The molecule has 0 rings (SSSR count). The molecule has 0 aromatic heterocycles. The Bertz CT molecular complexity index is 422. The molecule has 2 nitrogen and oxygen atoms in total. The monoisotopic (exact) mass is 736 g/mol. The van der Waals surface area contributed by atoms with Gasteiger partial charge in [0.25, 0.3) is 0 Å². The molecule has 0 aromatic rings. The first kappa shape index (κ1) is 41.9. The minimum absolute atomic E-state index is 0. The van der Waals surface area contributed by atoms with Gasteiger partial charge in [-0.2, -0.15) is 0 Å². The fourth-order valence-electron chi connectivity index (χ4n) is 5.79. The van der Waals surface area contributed by atoms with Gasteiger partial charge in [-0.1, -0.05) is 156 Å². The fraction of sp³-hybridized carbons (Fsp3) is 1.00. The van der Waals surface area contributed by atoms with Gasteiger partial charge in [-0.15, -0.1) is 48.0 Å². The van der Waals surface area contributed by atoms with E-state index in [-0.39, 0.29) is 64.3 Å². The average Bonchev–Trinajstić information content (AvgIpc) is 2.79. The first-order valence-corrected chi connectivity index (χ1v) is 15.7. The highest BCUT2D eigenvalue weighted by molar-refractivity contribution is 14.0. The molecule has 0 bridgehead atoms. The summed E-state index contributed by atoms with van der Waals surface area (Å²) in [5, 5.41) is 0. The number of halogens is 2. The van der Waals surface area contributed by atoms with Gasteiger partial charge in [-0.05, 0) is 44.1 Å². The first-order chi connectivity index (χ1) is 16.2. The summed E-state index contributed by atoms with van der Waals surface area (Å²) in [6.45, 7) is 14.6. The molecule has 0 spiro atoms. The van der Waals surface area contributed by atoms with Crippen LogP contribution in [0.1, 0.15) is 183 Å². The molecule has 0 aliphatic rings. The maximum atomic E-state index is 6.76. The van der Waals surface area contributed by atoms with Crippen molar-refractivity contribution in [3.05, 3.63) is 0 Å². The summed E-state index contributed by atoms with van der Waals surface area (Å²) >= 11 is 0. The molecule has 222 valence electrons. The summed E-state index contributed by atoms with van der Waals surface area (Å²) in [5.74, 6) is 0. The SMILES string of the molecule is CCCCCCCCCCCCC(CN)(CCCCCCCCCCCC)C(C)(C)C(C)(C)N.I.I. The van der Waals surface area contributed by atoms with Crippen LogP contribution in [-0.2, 0) is 0 Å². The summed E-state index contributed by atoms with van der Waals surface area (Å²) in [6.07, 6.45) is 30.4. The number of nitrogens with two attached hydrogens (primary N) is 2. The fourth-order valence-corrected chi connectivity index (χ4v) is 5.79. The molecule has 0 amide bonds. The summed E-state index contributed by atoms with van der Waals surface area (Å²) in [4.78, 5) is 0. The van der Waals surface area contributed by atoms with Crippen molar-refractivity contribution in [2.24, 2.45) is 22.3 Å². The summed E-state index contributed by atoms with van der Waals surface area (Å²) in [7, 11) is 0. The zero-order valence-corrected chi connectivity index (χ0v) is 30.4. The Morgan fingerprint density at radius 2 is 0.694 bits per heavy atom. The van der Waals surface area contributed by atoms with E-state index in [1.807, 2.05) is 0 Å². The molecule has 0 aliphatic carbocycles. The Kier molecular flexibility index (Phi) is 29.5. The molecular weight excluding hydrogens is 666 g/mol. The third-order valence-corrected chi connectivity index (χ3v) is 9.35. The lowest BCUT2D eigenvalue weighted by Gasteiger charge is -2.54. The van der Waals surface area contributed by atoms with Gasteiger partial charge in [0.05, 0.1) is 0 Å². The molecule has 0 unspecified atom stereocenters. The smallest absolute Gasteiger partial charge is 0.0154 e. The first-order valence-electron chi connectivity index (χ1n) is 15.7. The second kappa shape index (κ2) is 25.4. The van der Waals surface area contributed by atoms with E-state index in [0.717, 1.165) is 6.54 Å². The Balaban J connectivity index is -0.00000544. The van der Waals surface area contributed by atoms with Crippen LogP contribution in [0.3, 0.4) is 0 Å². The molecule has 0 saturated heterocycles. The van der Waals surface area contributed by atoms with Crippen LogP contribution in [0, 0.1) is 10.8 Å². The summed E-state index contributed by atoms with van der Waals surface area (Å²) in [5.41, 5.74) is 13.3. The van der Waals surface area contributed by atoms with Gasteiger partial charge < -0.3 is 11.5 Å². The summed E-state index contributed by atoms with van der Waals surface area (Å²) < 4.78 is 0. The van der Waals surface area contributed by atoms with Gasteiger partial charge in [0.1, 0.15) is 0 Å². The van der Waals surface area contributed by atoms with E-state index in [9.17, 15) is 0 Å². The van der Waals surface area contributed by atoms with Crippen molar-refractivity contribution >= 4 is 48.0 Å². The Morgan fingerprint density at radius 3 is 0.917 bits per heavy atom. The highest BCUT2D eigenvalue weighted by Crippen LogP contribution is 2.51. The van der Waals surface area contributed by atoms with Gasteiger partial charge in [0.15, 0.2) is 0 Å². The lowest BCUT2D eigenvalue weighted by atomic mass is 9.53. The van der Waals surface area contributed by atoms with E-state index >= 15 is 0 Å². The number of hydrogen-bond acceptors (Lipinski definition) is 2. The lowest BCUT2D eigenvalue weighted by molar-refractivity contribution is -0.00760. The molecule has 0 aliphatic heterocycles. The Labute approximate surface area is 263 Å². The maximum Gasteiger partial charge on any atom is 0.0154 e. The normalized spacial score (nSPS) is 12.3. The van der Waals surface area contributed by atoms with Crippen LogP contribution in [0.5, 0.6) is 0 Å². The van der Waals surface area contributed by atoms with Gasteiger partial charge in [-0.3, -0.25) is 0 Å². The zero-order valence-electron chi connectivity index (χ0n) is 25.7. The van der Waals surface area contributed by atoms with E-state index in [4.69, 9.17) is 11.5 Å². The third-order valence-electron chi connectivity index (χ3n) is 9.35.